The van der Waals surface area contributed by atoms with Crippen LogP contribution in [0.25, 0.3) is 0 Å². The molecule has 1 saturated heterocycles. The Kier molecular flexibility index (Phi) is 9.47. The predicted molar refractivity (Wildman–Crippen MR) is 148 cm³/mol. The lowest BCUT2D eigenvalue weighted by atomic mass is 10.2. The van der Waals surface area contributed by atoms with Crippen molar-refractivity contribution in [3.63, 3.8) is 0 Å². The van der Waals surface area contributed by atoms with Crippen molar-refractivity contribution >= 4 is 34.9 Å². The van der Waals surface area contributed by atoms with E-state index in [1.165, 1.54) is 17.0 Å². The molecule has 0 aliphatic carbocycles. The second kappa shape index (κ2) is 13.4. The molecule has 0 saturated carbocycles. The molecule has 39 heavy (non-hydrogen) atoms. The Morgan fingerprint density at radius 1 is 0.872 bits per heavy atom. The summed E-state index contributed by atoms with van der Waals surface area (Å²) in [5.41, 5.74) is 2.25. The zero-order chi connectivity index (χ0) is 27.6. The summed E-state index contributed by atoms with van der Waals surface area (Å²) in [4.78, 5) is 43.4. The molecule has 1 aliphatic heterocycles. The van der Waals surface area contributed by atoms with Gasteiger partial charge in [-0.15, -0.1) is 0 Å². The minimum atomic E-state index is -0.470. The second-order valence-corrected chi connectivity index (χ2v) is 9.06. The van der Waals surface area contributed by atoms with Crippen molar-refractivity contribution in [2.45, 2.75) is 0 Å². The Labute approximate surface area is 227 Å². The molecule has 0 atom stereocenters. The van der Waals surface area contributed by atoms with E-state index >= 15 is 0 Å². The molecule has 3 aromatic rings. The van der Waals surface area contributed by atoms with Gasteiger partial charge in [0.2, 0.25) is 5.91 Å². The van der Waals surface area contributed by atoms with Gasteiger partial charge in [-0.2, -0.15) is 0 Å². The fraction of sp³-hybridized carbons (Fsp3) is 0.276. The minimum absolute atomic E-state index is 0.101. The van der Waals surface area contributed by atoms with Crippen LogP contribution in [0.4, 0.5) is 26.2 Å². The second-order valence-electron chi connectivity index (χ2n) is 9.06. The third kappa shape index (κ3) is 7.55. The molecule has 204 valence electrons. The number of carbonyl (C=O) groups is 3. The SMILES string of the molecule is COCCN(CC(=O)Nc1ccc(N2CCN(C(=O)Nc3ccccc3F)CC2)cc1)C(=O)c1ccccc1. The maximum atomic E-state index is 13.8. The Hall–Kier alpha value is -4.44. The van der Waals surface area contributed by atoms with Crippen LogP contribution in [0.3, 0.4) is 0 Å². The van der Waals surface area contributed by atoms with Crippen LogP contribution in [-0.4, -0.2) is 80.6 Å². The van der Waals surface area contributed by atoms with Crippen molar-refractivity contribution in [2.24, 2.45) is 0 Å². The number of halogens is 1. The zero-order valence-electron chi connectivity index (χ0n) is 21.8. The van der Waals surface area contributed by atoms with Crippen molar-refractivity contribution in [3.8, 4) is 0 Å². The number of benzene rings is 3. The standard InChI is InChI=1S/C29H32FN5O4/c1-39-20-19-35(28(37)22-7-3-2-4-8-22)21-27(36)31-23-11-13-24(14-12-23)33-15-17-34(18-16-33)29(38)32-26-10-6-5-9-25(26)30/h2-14H,15-21H2,1H3,(H,31,36)(H,32,38). The highest BCUT2D eigenvalue weighted by molar-refractivity contribution is 5.99. The molecular formula is C29H32FN5O4. The van der Waals surface area contributed by atoms with E-state index in [-0.39, 0.29) is 30.1 Å². The monoisotopic (exact) mass is 533 g/mol. The lowest BCUT2D eigenvalue weighted by molar-refractivity contribution is -0.117. The van der Waals surface area contributed by atoms with E-state index in [1.807, 2.05) is 30.3 Å². The van der Waals surface area contributed by atoms with E-state index in [4.69, 9.17) is 4.74 Å². The van der Waals surface area contributed by atoms with Gasteiger partial charge < -0.3 is 30.1 Å². The number of nitrogens with zero attached hydrogens (tertiary/aromatic N) is 3. The largest absolute Gasteiger partial charge is 0.383 e. The molecule has 2 N–H and O–H groups in total. The molecule has 9 nitrogen and oxygen atoms in total. The number of amides is 4. The van der Waals surface area contributed by atoms with E-state index in [2.05, 4.69) is 15.5 Å². The first kappa shape index (κ1) is 27.6. The van der Waals surface area contributed by atoms with E-state index in [9.17, 15) is 18.8 Å². The van der Waals surface area contributed by atoms with Crippen molar-refractivity contribution in [3.05, 3.63) is 90.2 Å². The Bertz CT molecular complexity index is 1260. The first-order chi connectivity index (χ1) is 18.9. The van der Waals surface area contributed by atoms with Crippen molar-refractivity contribution in [2.75, 3.05) is 68.5 Å². The molecule has 10 heteroatoms. The third-order valence-corrected chi connectivity index (χ3v) is 6.41. The average molecular weight is 534 g/mol. The van der Waals surface area contributed by atoms with Gasteiger partial charge in [-0.25, -0.2) is 9.18 Å². The smallest absolute Gasteiger partial charge is 0.322 e. The lowest BCUT2D eigenvalue weighted by Crippen LogP contribution is -2.50. The number of methoxy groups -OCH3 is 1. The van der Waals surface area contributed by atoms with Gasteiger partial charge in [0.05, 0.1) is 12.3 Å². The minimum Gasteiger partial charge on any atom is -0.383 e. The quantitative estimate of drug-likeness (QED) is 0.435. The summed E-state index contributed by atoms with van der Waals surface area (Å²) in [5, 5.41) is 5.47. The average Bonchev–Trinajstić information content (AvgIpc) is 2.97. The number of hydrogen-bond donors (Lipinski definition) is 2. The number of ether oxygens (including phenoxy) is 1. The van der Waals surface area contributed by atoms with E-state index in [0.29, 0.717) is 50.6 Å². The van der Waals surface area contributed by atoms with Gasteiger partial charge in [0.15, 0.2) is 0 Å². The molecular weight excluding hydrogens is 501 g/mol. The number of urea groups is 1. The van der Waals surface area contributed by atoms with Gasteiger partial charge in [0.25, 0.3) is 5.91 Å². The molecule has 1 heterocycles. The summed E-state index contributed by atoms with van der Waals surface area (Å²) in [5.74, 6) is -1.01. The summed E-state index contributed by atoms with van der Waals surface area (Å²) in [6.45, 7) is 2.73. The summed E-state index contributed by atoms with van der Waals surface area (Å²) < 4.78 is 18.9. The van der Waals surface area contributed by atoms with Gasteiger partial charge in [0, 0.05) is 56.8 Å². The number of anilines is 3. The first-order valence-corrected chi connectivity index (χ1v) is 12.7. The van der Waals surface area contributed by atoms with Crippen molar-refractivity contribution in [1.82, 2.24) is 9.80 Å². The number of hydrogen-bond acceptors (Lipinski definition) is 5. The highest BCUT2D eigenvalue weighted by atomic mass is 19.1. The van der Waals surface area contributed by atoms with Gasteiger partial charge in [-0.05, 0) is 48.5 Å². The molecule has 4 amide bonds. The lowest BCUT2D eigenvalue weighted by Gasteiger charge is -2.36. The Morgan fingerprint density at radius 2 is 1.54 bits per heavy atom. The van der Waals surface area contributed by atoms with Crippen molar-refractivity contribution in [1.29, 1.82) is 0 Å². The number of rotatable bonds is 9. The van der Waals surface area contributed by atoms with Gasteiger partial charge in [0.1, 0.15) is 12.4 Å². The zero-order valence-corrected chi connectivity index (χ0v) is 21.8. The van der Waals surface area contributed by atoms with Crippen LogP contribution >= 0.6 is 0 Å². The van der Waals surface area contributed by atoms with Crippen LogP contribution in [0.15, 0.2) is 78.9 Å². The Balaban J connectivity index is 1.28. The summed E-state index contributed by atoms with van der Waals surface area (Å²) in [6.07, 6.45) is 0. The Morgan fingerprint density at radius 3 is 2.21 bits per heavy atom. The van der Waals surface area contributed by atoms with Crippen LogP contribution in [0, 0.1) is 5.82 Å². The molecule has 0 bridgehead atoms. The normalized spacial score (nSPS) is 13.1. The topological polar surface area (TPSA) is 94.2 Å². The molecule has 1 fully saturated rings. The molecule has 3 aromatic carbocycles. The molecule has 0 unspecified atom stereocenters. The summed E-state index contributed by atoms with van der Waals surface area (Å²) in [6, 6.07) is 22.0. The van der Waals surface area contributed by atoms with Gasteiger partial charge in [-0.1, -0.05) is 30.3 Å². The maximum Gasteiger partial charge on any atom is 0.322 e. The van der Waals surface area contributed by atoms with Crippen LogP contribution in [0.2, 0.25) is 0 Å². The van der Waals surface area contributed by atoms with Crippen LogP contribution in [0.5, 0.6) is 0 Å². The maximum absolute atomic E-state index is 13.8. The van der Waals surface area contributed by atoms with Crippen molar-refractivity contribution < 1.29 is 23.5 Å². The fourth-order valence-electron chi connectivity index (χ4n) is 4.27. The summed E-state index contributed by atoms with van der Waals surface area (Å²) in [7, 11) is 1.55. The van der Waals surface area contributed by atoms with E-state index in [0.717, 1.165) is 5.69 Å². The molecule has 1 aliphatic rings. The third-order valence-electron chi connectivity index (χ3n) is 6.41. The number of carbonyl (C=O) groups excluding carboxylic acids is 3. The molecule has 0 radical (unpaired) electrons. The van der Waals surface area contributed by atoms with Gasteiger partial charge in [-0.3, -0.25) is 9.59 Å². The highest BCUT2D eigenvalue weighted by Crippen LogP contribution is 2.20. The fourth-order valence-corrected chi connectivity index (χ4v) is 4.27. The van der Waals surface area contributed by atoms with Crippen LogP contribution in [0.1, 0.15) is 10.4 Å². The van der Waals surface area contributed by atoms with Crippen LogP contribution < -0.4 is 15.5 Å². The van der Waals surface area contributed by atoms with Gasteiger partial charge >= 0.3 is 6.03 Å². The molecule has 4 rings (SSSR count). The molecule has 0 spiro atoms. The predicted octanol–water partition coefficient (Wildman–Crippen LogP) is 3.91. The van der Waals surface area contributed by atoms with Crippen LogP contribution in [-0.2, 0) is 9.53 Å². The first-order valence-electron chi connectivity index (χ1n) is 12.7. The summed E-state index contributed by atoms with van der Waals surface area (Å²) >= 11 is 0. The number of para-hydroxylation sites is 1. The number of nitrogens with one attached hydrogen (secondary N) is 2. The van der Waals surface area contributed by atoms with E-state index in [1.54, 1.807) is 48.4 Å². The number of piperazine rings is 1. The highest BCUT2D eigenvalue weighted by Gasteiger charge is 2.22. The van der Waals surface area contributed by atoms with E-state index < -0.39 is 5.82 Å². The molecule has 0 aromatic heterocycles.